The lowest BCUT2D eigenvalue weighted by atomic mass is 9.81. The summed E-state index contributed by atoms with van der Waals surface area (Å²) in [6.07, 6.45) is 4.71. The van der Waals surface area contributed by atoms with Gasteiger partial charge in [-0.3, -0.25) is 19.3 Å². The molecule has 2 amide bonds. The number of carbonyl (C=O) groups is 3. The molecule has 140 valence electrons. The molecule has 1 aliphatic carbocycles. The average molecular weight is 369 g/mol. The number of benzene rings is 1. The lowest BCUT2D eigenvalue weighted by Gasteiger charge is -2.19. The number of hydrogen-bond donors (Lipinski definition) is 0. The van der Waals surface area contributed by atoms with Gasteiger partial charge in [0, 0.05) is 12.1 Å². The Morgan fingerprint density at radius 3 is 2.37 bits per heavy atom. The Kier molecular flexibility index (Phi) is 4.70. The van der Waals surface area contributed by atoms with Gasteiger partial charge in [-0.05, 0) is 37.1 Å². The van der Waals surface area contributed by atoms with Gasteiger partial charge in [-0.2, -0.15) is 0 Å². The third-order valence-electron chi connectivity index (χ3n) is 5.16. The van der Waals surface area contributed by atoms with Crippen molar-refractivity contribution in [2.75, 3.05) is 6.54 Å². The number of ether oxygens (including phenoxy) is 1. The van der Waals surface area contributed by atoms with Crippen molar-refractivity contribution in [2.24, 2.45) is 11.8 Å². The van der Waals surface area contributed by atoms with Crippen molar-refractivity contribution in [3.05, 3.63) is 30.7 Å². The van der Waals surface area contributed by atoms with E-state index >= 15 is 0 Å². The maximum atomic E-state index is 12.4. The van der Waals surface area contributed by atoms with Crippen LogP contribution in [0, 0.1) is 11.8 Å². The summed E-state index contributed by atoms with van der Waals surface area (Å²) < 4.78 is 10.4. The summed E-state index contributed by atoms with van der Waals surface area (Å²) >= 11 is 0. The molecule has 2 fully saturated rings. The summed E-state index contributed by atoms with van der Waals surface area (Å²) in [7, 11) is 0. The van der Waals surface area contributed by atoms with Crippen molar-refractivity contribution in [3.63, 3.8) is 0 Å². The Morgan fingerprint density at radius 2 is 1.78 bits per heavy atom. The Balaban J connectivity index is 1.32. The number of amides is 2. The van der Waals surface area contributed by atoms with Crippen LogP contribution < -0.4 is 4.74 Å². The molecule has 2 heterocycles. The summed E-state index contributed by atoms with van der Waals surface area (Å²) in [6.45, 7) is 0.0730. The molecular weight excluding hydrogens is 350 g/mol. The molecule has 0 radical (unpaired) electrons. The maximum Gasteiger partial charge on any atom is 0.312 e. The zero-order valence-corrected chi connectivity index (χ0v) is 14.7. The highest BCUT2D eigenvalue weighted by molar-refractivity contribution is 6.05. The molecule has 4 rings (SSSR count). The summed E-state index contributed by atoms with van der Waals surface area (Å²) in [6, 6.07) is 6.65. The molecule has 2 aliphatic rings. The van der Waals surface area contributed by atoms with Crippen LogP contribution in [0.4, 0.5) is 0 Å². The average Bonchev–Trinajstić information content (AvgIpc) is 3.30. The van der Waals surface area contributed by atoms with E-state index < -0.39 is 5.97 Å². The van der Waals surface area contributed by atoms with Crippen LogP contribution in [0.3, 0.4) is 0 Å². The van der Waals surface area contributed by atoms with Crippen LogP contribution in [0.1, 0.15) is 32.1 Å². The molecule has 2 atom stereocenters. The van der Waals surface area contributed by atoms with Gasteiger partial charge in [0.2, 0.25) is 24.1 Å². The van der Waals surface area contributed by atoms with Crippen molar-refractivity contribution < 1.29 is 23.5 Å². The van der Waals surface area contributed by atoms with Crippen LogP contribution in [0.2, 0.25) is 0 Å². The highest BCUT2D eigenvalue weighted by Crippen LogP contribution is 2.38. The van der Waals surface area contributed by atoms with Gasteiger partial charge in [-0.25, -0.2) is 0 Å². The topological polar surface area (TPSA) is 103 Å². The number of hydrogen-bond acceptors (Lipinski definition) is 7. The second-order valence-corrected chi connectivity index (χ2v) is 6.82. The molecule has 27 heavy (non-hydrogen) atoms. The molecule has 0 spiro atoms. The van der Waals surface area contributed by atoms with Gasteiger partial charge in [0.15, 0.2) is 0 Å². The SMILES string of the molecule is O=C(CCN1C(=O)[C@H]2CCCC[C@H]2C1=O)Oc1ccc(-c2nnco2)cc1. The van der Waals surface area contributed by atoms with E-state index in [-0.39, 0.29) is 36.6 Å². The highest BCUT2D eigenvalue weighted by Gasteiger charge is 2.47. The molecule has 2 aromatic rings. The standard InChI is InChI=1S/C19H19N3O5/c23-16(27-13-7-5-12(6-8-13)17-21-20-11-26-17)9-10-22-18(24)14-3-1-2-4-15(14)19(22)25/h5-8,11,14-15H,1-4,9-10H2/t14-,15+. The third kappa shape index (κ3) is 3.47. The first-order chi connectivity index (χ1) is 13.1. The van der Waals surface area contributed by atoms with Gasteiger partial charge in [-0.1, -0.05) is 12.8 Å². The van der Waals surface area contributed by atoms with Gasteiger partial charge >= 0.3 is 5.97 Å². The van der Waals surface area contributed by atoms with Gasteiger partial charge in [-0.15, -0.1) is 10.2 Å². The predicted molar refractivity (Wildman–Crippen MR) is 92.2 cm³/mol. The zero-order chi connectivity index (χ0) is 18.8. The molecule has 1 saturated carbocycles. The van der Waals surface area contributed by atoms with Gasteiger partial charge in [0.05, 0.1) is 18.3 Å². The van der Waals surface area contributed by atoms with E-state index in [2.05, 4.69) is 10.2 Å². The molecule has 1 aliphatic heterocycles. The fraction of sp³-hybridized carbons (Fsp3) is 0.421. The summed E-state index contributed by atoms with van der Waals surface area (Å²) in [5.74, 6) is -0.408. The molecule has 8 heteroatoms. The molecule has 0 N–H and O–H groups in total. The van der Waals surface area contributed by atoms with Gasteiger partial charge in [0.25, 0.3) is 0 Å². The Bertz CT molecular complexity index is 823. The van der Waals surface area contributed by atoms with Crippen molar-refractivity contribution in [1.29, 1.82) is 0 Å². The van der Waals surface area contributed by atoms with E-state index in [1.165, 1.54) is 11.3 Å². The summed E-state index contributed by atoms with van der Waals surface area (Å²) in [4.78, 5) is 38.1. The van der Waals surface area contributed by atoms with E-state index in [0.717, 1.165) is 25.7 Å². The highest BCUT2D eigenvalue weighted by atomic mass is 16.5. The normalized spacial score (nSPS) is 22.0. The third-order valence-corrected chi connectivity index (χ3v) is 5.16. The number of nitrogens with zero attached hydrogens (tertiary/aromatic N) is 3. The fourth-order valence-corrected chi connectivity index (χ4v) is 3.80. The molecule has 1 aromatic carbocycles. The monoisotopic (exact) mass is 369 g/mol. The smallest absolute Gasteiger partial charge is 0.312 e. The molecule has 1 saturated heterocycles. The Labute approximate surface area is 155 Å². The van der Waals surface area contributed by atoms with Crippen molar-refractivity contribution >= 4 is 17.8 Å². The minimum Gasteiger partial charge on any atom is -0.426 e. The number of imide groups is 1. The number of carbonyl (C=O) groups excluding carboxylic acids is 3. The predicted octanol–water partition coefficient (Wildman–Crippen LogP) is 2.21. The van der Waals surface area contributed by atoms with E-state index in [4.69, 9.17) is 9.15 Å². The minimum absolute atomic E-state index is 0.0255. The Morgan fingerprint density at radius 1 is 1.11 bits per heavy atom. The van der Waals surface area contributed by atoms with Gasteiger partial charge < -0.3 is 9.15 Å². The molecular formula is C19H19N3O5. The maximum absolute atomic E-state index is 12.4. The molecule has 8 nitrogen and oxygen atoms in total. The fourth-order valence-electron chi connectivity index (χ4n) is 3.80. The number of likely N-dealkylation sites (tertiary alicyclic amines) is 1. The first-order valence-corrected chi connectivity index (χ1v) is 9.06. The number of fused-ring (bicyclic) bond motifs is 1. The lowest BCUT2D eigenvalue weighted by Crippen LogP contribution is -2.33. The van der Waals surface area contributed by atoms with Crippen LogP contribution in [-0.2, 0) is 14.4 Å². The second kappa shape index (κ2) is 7.30. The summed E-state index contributed by atoms with van der Waals surface area (Å²) in [5, 5.41) is 7.41. The van der Waals surface area contributed by atoms with E-state index in [1.807, 2.05) is 0 Å². The van der Waals surface area contributed by atoms with Crippen LogP contribution in [0.15, 0.2) is 35.1 Å². The van der Waals surface area contributed by atoms with Crippen molar-refractivity contribution in [2.45, 2.75) is 32.1 Å². The first kappa shape index (κ1) is 17.4. The van der Waals surface area contributed by atoms with E-state index in [9.17, 15) is 14.4 Å². The van der Waals surface area contributed by atoms with Crippen LogP contribution >= 0.6 is 0 Å². The van der Waals surface area contributed by atoms with Crippen molar-refractivity contribution in [3.8, 4) is 17.2 Å². The van der Waals surface area contributed by atoms with Crippen LogP contribution in [0.5, 0.6) is 5.75 Å². The van der Waals surface area contributed by atoms with Crippen LogP contribution in [-0.4, -0.2) is 39.4 Å². The molecule has 0 bridgehead atoms. The quantitative estimate of drug-likeness (QED) is 0.452. The largest absolute Gasteiger partial charge is 0.426 e. The minimum atomic E-state index is -0.490. The zero-order valence-electron chi connectivity index (χ0n) is 14.7. The number of esters is 1. The number of aromatic nitrogens is 2. The summed E-state index contributed by atoms with van der Waals surface area (Å²) in [5.41, 5.74) is 0.711. The van der Waals surface area contributed by atoms with E-state index in [1.54, 1.807) is 24.3 Å². The lowest BCUT2D eigenvalue weighted by molar-refractivity contribution is -0.141. The van der Waals surface area contributed by atoms with Crippen LogP contribution in [0.25, 0.3) is 11.5 Å². The number of rotatable bonds is 5. The first-order valence-electron chi connectivity index (χ1n) is 9.06. The van der Waals surface area contributed by atoms with Crippen molar-refractivity contribution in [1.82, 2.24) is 15.1 Å². The Hall–Kier alpha value is -3.03. The molecule has 0 unspecified atom stereocenters. The van der Waals surface area contributed by atoms with Gasteiger partial charge in [0.1, 0.15) is 5.75 Å². The molecule has 1 aromatic heterocycles. The second-order valence-electron chi connectivity index (χ2n) is 6.82. The van der Waals surface area contributed by atoms with E-state index in [0.29, 0.717) is 17.2 Å².